The van der Waals surface area contributed by atoms with Gasteiger partial charge in [-0.05, 0) is 60.6 Å². The molecule has 47 heavy (non-hydrogen) atoms. The Balaban J connectivity index is 1.31. The predicted octanol–water partition coefficient (Wildman–Crippen LogP) is 6.44. The molecule has 4 aromatic rings. The van der Waals surface area contributed by atoms with Gasteiger partial charge < -0.3 is 24.8 Å². The summed E-state index contributed by atoms with van der Waals surface area (Å²) in [7, 11) is 1.41. The first kappa shape index (κ1) is 33.2. The lowest BCUT2D eigenvalue weighted by molar-refractivity contribution is -0.150. The maximum atomic E-state index is 13.8. The zero-order valence-corrected chi connectivity index (χ0v) is 27.5. The number of para-hydroxylation sites is 1. The number of fused-ring (bicyclic) bond motifs is 4. The van der Waals surface area contributed by atoms with Gasteiger partial charge in [0.15, 0.2) is 0 Å². The molecule has 2 amide bonds. The molecule has 5 rings (SSSR count). The third kappa shape index (κ3) is 7.01. The van der Waals surface area contributed by atoms with Gasteiger partial charge in [0, 0.05) is 31.0 Å². The molecule has 2 atom stereocenters. The van der Waals surface area contributed by atoms with Gasteiger partial charge in [0.1, 0.15) is 24.3 Å². The Kier molecular flexibility index (Phi) is 9.42. The summed E-state index contributed by atoms with van der Waals surface area (Å²) in [5.41, 5.74) is 4.72. The van der Waals surface area contributed by atoms with Crippen molar-refractivity contribution in [2.45, 2.75) is 64.6 Å². The van der Waals surface area contributed by atoms with Gasteiger partial charge in [-0.15, -0.1) is 0 Å². The van der Waals surface area contributed by atoms with E-state index < -0.39 is 41.7 Å². The summed E-state index contributed by atoms with van der Waals surface area (Å²) >= 11 is 0. The Morgan fingerprint density at radius 3 is 2.06 bits per heavy atom. The second-order valence-corrected chi connectivity index (χ2v) is 13.2. The first-order valence-corrected chi connectivity index (χ1v) is 15.7. The largest absolute Gasteiger partial charge is 0.480 e. The van der Waals surface area contributed by atoms with Gasteiger partial charge in [-0.3, -0.25) is 9.36 Å². The van der Waals surface area contributed by atoms with E-state index in [1.807, 2.05) is 48.5 Å². The number of benzene rings is 3. The highest BCUT2D eigenvalue weighted by Crippen LogP contribution is 2.44. The summed E-state index contributed by atoms with van der Waals surface area (Å²) < 4.78 is 12.6. The molecule has 1 aliphatic carbocycles. The number of hydrogen-bond donors (Lipinski definition) is 2. The van der Waals surface area contributed by atoms with Crippen LogP contribution in [0, 0.1) is 5.92 Å². The summed E-state index contributed by atoms with van der Waals surface area (Å²) in [5, 5.41) is 13.6. The van der Waals surface area contributed by atoms with Crippen molar-refractivity contribution in [1.29, 1.82) is 0 Å². The third-order valence-electron chi connectivity index (χ3n) is 8.45. The maximum absolute atomic E-state index is 13.8. The molecule has 0 spiro atoms. The molecule has 2 N–H and O–H groups in total. The zero-order valence-electron chi connectivity index (χ0n) is 27.5. The fraction of sp³-hybridized carbons (Fsp3) is 0.351. The van der Waals surface area contributed by atoms with E-state index in [1.165, 1.54) is 11.6 Å². The molecule has 246 valence electrons. The number of nitrogens with one attached hydrogen (secondary N) is 1. The van der Waals surface area contributed by atoms with Gasteiger partial charge in [-0.2, -0.15) is 0 Å². The zero-order chi connectivity index (χ0) is 34.0. The molecule has 0 unspecified atom stereocenters. The second kappa shape index (κ2) is 13.3. The van der Waals surface area contributed by atoms with Crippen molar-refractivity contribution in [3.05, 3.63) is 95.7 Å². The number of carboxylic acids is 1. The molecular formula is C37H41N3O7. The molecular weight excluding hydrogens is 598 g/mol. The highest BCUT2D eigenvalue weighted by molar-refractivity contribution is 5.93. The number of carboxylic acid groups (broad SMARTS) is 1. The molecule has 0 saturated carbocycles. The van der Waals surface area contributed by atoms with Crippen LogP contribution in [0.1, 0.15) is 57.2 Å². The average Bonchev–Trinajstić information content (AvgIpc) is 3.55. The molecule has 1 heterocycles. The summed E-state index contributed by atoms with van der Waals surface area (Å²) in [6.07, 6.45) is 0.119. The van der Waals surface area contributed by atoms with Gasteiger partial charge in [-0.25, -0.2) is 14.4 Å². The fourth-order valence-electron chi connectivity index (χ4n) is 6.13. The number of hydrogen-bond acceptors (Lipinski definition) is 6. The first-order valence-electron chi connectivity index (χ1n) is 15.7. The highest BCUT2D eigenvalue weighted by atomic mass is 16.6. The lowest BCUT2D eigenvalue weighted by Crippen LogP contribution is -2.55. The number of aromatic nitrogens is 1. The standard InChI is InChI=1S/C37H41N3O7/c1-22(2)32(38-35(44)46-21-29-27-16-9-7-14-25(27)26-15-8-10-17-28(26)29)33(41)39(6)31(34(42)43)19-23-20-40(36(45)47-37(3,4)5)30-18-12-11-13-24(23)30/h7-18,20,22,29,31-32H,19,21H2,1-6H3,(H,38,44)(H,42,43)/t31-,32-/m0/s1. The molecule has 0 fully saturated rings. The summed E-state index contributed by atoms with van der Waals surface area (Å²) in [6.45, 7) is 8.91. The van der Waals surface area contributed by atoms with Gasteiger partial charge >= 0.3 is 18.2 Å². The normalized spacial score (nSPS) is 13.9. The van der Waals surface area contributed by atoms with E-state index in [9.17, 15) is 24.3 Å². The van der Waals surface area contributed by atoms with E-state index in [1.54, 1.807) is 65.1 Å². The Labute approximate surface area is 274 Å². The molecule has 10 heteroatoms. The number of alkyl carbamates (subject to hydrolysis) is 1. The first-order chi connectivity index (χ1) is 22.3. The topological polar surface area (TPSA) is 127 Å². The van der Waals surface area contributed by atoms with Gasteiger partial charge in [0.05, 0.1) is 5.52 Å². The Morgan fingerprint density at radius 1 is 0.915 bits per heavy atom. The van der Waals surface area contributed by atoms with Crippen LogP contribution in [0.25, 0.3) is 22.0 Å². The lowest BCUT2D eigenvalue weighted by Gasteiger charge is -2.30. The molecule has 3 aromatic carbocycles. The Bertz CT molecular complexity index is 1770. The summed E-state index contributed by atoms with van der Waals surface area (Å²) in [4.78, 5) is 53.6. The minimum absolute atomic E-state index is 0.0775. The van der Waals surface area contributed by atoms with Crippen molar-refractivity contribution < 1.29 is 33.8 Å². The van der Waals surface area contributed by atoms with Crippen molar-refractivity contribution in [3.63, 3.8) is 0 Å². The molecule has 0 saturated heterocycles. The van der Waals surface area contributed by atoms with Crippen LogP contribution in [-0.4, -0.2) is 70.0 Å². The van der Waals surface area contributed by atoms with Crippen molar-refractivity contribution >= 4 is 35.0 Å². The van der Waals surface area contributed by atoms with Crippen LogP contribution in [-0.2, 0) is 25.5 Å². The van der Waals surface area contributed by atoms with Gasteiger partial charge in [0.2, 0.25) is 5.91 Å². The molecule has 10 nitrogen and oxygen atoms in total. The summed E-state index contributed by atoms with van der Waals surface area (Å²) in [6, 6.07) is 20.8. The number of carbonyl (C=O) groups excluding carboxylic acids is 3. The van der Waals surface area contributed by atoms with Crippen molar-refractivity contribution in [1.82, 2.24) is 14.8 Å². The van der Waals surface area contributed by atoms with Crippen molar-refractivity contribution in [2.24, 2.45) is 5.92 Å². The Hall–Kier alpha value is -5.12. The van der Waals surface area contributed by atoms with Crippen molar-refractivity contribution in [3.8, 4) is 11.1 Å². The monoisotopic (exact) mass is 639 g/mol. The third-order valence-corrected chi connectivity index (χ3v) is 8.45. The number of rotatable bonds is 9. The highest BCUT2D eigenvalue weighted by Gasteiger charge is 2.36. The van der Waals surface area contributed by atoms with E-state index in [0.717, 1.165) is 27.2 Å². The summed E-state index contributed by atoms with van der Waals surface area (Å²) in [5.74, 6) is -2.31. The quantitative estimate of drug-likeness (QED) is 0.216. The average molecular weight is 640 g/mol. The number of nitrogens with zero attached hydrogens (tertiary/aromatic N) is 2. The van der Waals surface area contributed by atoms with Crippen LogP contribution in [0.2, 0.25) is 0 Å². The van der Waals surface area contributed by atoms with Crippen LogP contribution in [0.3, 0.4) is 0 Å². The minimum atomic E-state index is -1.29. The van der Waals surface area contributed by atoms with E-state index in [-0.39, 0.29) is 24.9 Å². The van der Waals surface area contributed by atoms with E-state index in [2.05, 4.69) is 5.32 Å². The smallest absolute Gasteiger partial charge is 0.419 e. The number of amides is 2. The lowest BCUT2D eigenvalue weighted by atomic mass is 9.98. The molecule has 0 bridgehead atoms. The molecule has 0 radical (unpaired) electrons. The van der Waals surface area contributed by atoms with E-state index in [0.29, 0.717) is 16.5 Å². The van der Waals surface area contributed by atoms with Crippen LogP contribution in [0.15, 0.2) is 79.0 Å². The van der Waals surface area contributed by atoms with Crippen molar-refractivity contribution in [2.75, 3.05) is 13.7 Å². The van der Waals surface area contributed by atoms with E-state index >= 15 is 0 Å². The van der Waals surface area contributed by atoms with Crippen LogP contribution >= 0.6 is 0 Å². The SMILES string of the molecule is CC(C)[C@H](NC(=O)OCC1c2ccccc2-c2ccccc21)C(=O)N(C)[C@@H](Cc1cn(C(=O)OC(C)(C)C)c2ccccc12)C(=O)O. The fourth-order valence-corrected chi connectivity index (χ4v) is 6.13. The minimum Gasteiger partial charge on any atom is -0.480 e. The molecule has 0 aliphatic heterocycles. The molecule has 1 aliphatic rings. The number of aliphatic carboxylic acids is 1. The van der Waals surface area contributed by atoms with E-state index in [4.69, 9.17) is 9.47 Å². The van der Waals surface area contributed by atoms with Gasteiger partial charge in [0.25, 0.3) is 0 Å². The van der Waals surface area contributed by atoms with Gasteiger partial charge in [-0.1, -0.05) is 80.6 Å². The Morgan fingerprint density at radius 2 is 1.49 bits per heavy atom. The number of likely N-dealkylation sites (N-methyl/N-ethyl adjacent to an activating group) is 1. The van der Waals surface area contributed by atoms with Crippen LogP contribution in [0.4, 0.5) is 9.59 Å². The molecule has 1 aromatic heterocycles. The van der Waals surface area contributed by atoms with Crippen LogP contribution < -0.4 is 5.32 Å². The maximum Gasteiger partial charge on any atom is 0.419 e. The predicted molar refractivity (Wildman–Crippen MR) is 178 cm³/mol. The number of carbonyl (C=O) groups is 4. The second-order valence-electron chi connectivity index (χ2n) is 13.2. The van der Waals surface area contributed by atoms with Crippen LogP contribution in [0.5, 0.6) is 0 Å². The number of ether oxygens (including phenoxy) is 2.